The molecule has 0 saturated heterocycles. The average molecular weight is 351 g/mol. The highest BCUT2D eigenvalue weighted by Crippen LogP contribution is 2.26. The maximum absolute atomic E-state index is 10.3. The van der Waals surface area contributed by atoms with Gasteiger partial charge in [0.1, 0.15) is 12.1 Å². The normalized spacial score (nSPS) is 9.96. The second kappa shape index (κ2) is 12.5. The van der Waals surface area contributed by atoms with Gasteiger partial charge in [-0.05, 0) is 31.9 Å². The fourth-order valence-electron chi connectivity index (χ4n) is 2.10. The lowest BCUT2D eigenvalue weighted by molar-refractivity contribution is -0.107. The van der Waals surface area contributed by atoms with Crippen molar-refractivity contribution in [2.24, 2.45) is 0 Å². The fraction of sp³-hybridized carbons (Fsp3) is 0.500. The number of aryl methyl sites for hydroxylation is 1. The van der Waals surface area contributed by atoms with E-state index in [4.69, 9.17) is 5.21 Å². The molecule has 2 heterocycles. The topological polar surface area (TPSA) is 91.2 Å². The third-order valence-corrected chi connectivity index (χ3v) is 3.99. The van der Waals surface area contributed by atoms with Gasteiger partial charge in [0.05, 0.1) is 11.9 Å². The van der Waals surface area contributed by atoms with Crippen LogP contribution in [0.2, 0.25) is 0 Å². The van der Waals surface area contributed by atoms with E-state index in [1.165, 1.54) is 18.6 Å². The van der Waals surface area contributed by atoms with Gasteiger partial charge in [0.25, 0.3) is 0 Å². The van der Waals surface area contributed by atoms with Crippen molar-refractivity contribution < 1.29 is 10.0 Å². The Morgan fingerprint density at radius 2 is 2.08 bits per heavy atom. The lowest BCUT2D eigenvalue weighted by Crippen LogP contribution is -2.18. The first-order valence-corrected chi connectivity index (χ1v) is 8.72. The molecule has 0 aliphatic carbocycles. The van der Waals surface area contributed by atoms with Gasteiger partial charge in [-0.1, -0.05) is 12.8 Å². The summed E-state index contributed by atoms with van der Waals surface area (Å²) in [7, 11) is 1.43. The molecule has 0 aliphatic rings. The van der Waals surface area contributed by atoms with Crippen LogP contribution in [-0.4, -0.2) is 39.4 Å². The molecule has 0 spiro atoms. The molecule has 0 amide bonds. The molecule has 132 valence electrons. The molecular weight excluding hydrogens is 326 g/mol. The minimum absolute atomic E-state index is 0.669. The number of carbonyl (C=O) groups excluding carboxylic acids is 1. The Labute approximate surface area is 146 Å². The van der Waals surface area contributed by atoms with Crippen LogP contribution in [0.25, 0.3) is 0 Å². The molecule has 0 unspecified atom stereocenters. The molecule has 24 heavy (non-hydrogen) atoms. The minimum atomic E-state index is 0.669. The summed E-state index contributed by atoms with van der Waals surface area (Å²) in [6.45, 7) is 2.79. The molecule has 2 N–H and O–H groups in total. The predicted octanol–water partition coefficient (Wildman–Crippen LogP) is 3.12. The van der Waals surface area contributed by atoms with Crippen molar-refractivity contribution in [2.75, 3.05) is 18.5 Å². The maximum atomic E-state index is 10.3. The van der Waals surface area contributed by atoms with E-state index in [1.54, 1.807) is 11.7 Å². The third-order valence-electron chi connectivity index (χ3n) is 3.16. The molecule has 0 aromatic carbocycles. The Morgan fingerprint density at radius 3 is 2.67 bits per heavy atom. The summed E-state index contributed by atoms with van der Waals surface area (Å²) in [5.74, 6) is 0.801. The van der Waals surface area contributed by atoms with E-state index < -0.39 is 0 Å². The molecule has 0 aliphatic heterocycles. The molecule has 0 saturated carbocycles. The van der Waals surface area contributed by atoms with Gasteiger partial charge in [-0.25, -0.2) is 10.5 Å². The van der Waals surface area contributed by atoms with E-state index in [2.05, 4.69) is 19.2 Å². The van der Waals surface area contributed by atoms with Gasteiger partial charge in [0.2, 0.25) is 5.13 Å². The zero-order valence-corrected chi connectivity index (χ0v) is 15.0. The highest BCUT2D eigenvalue weighted by Gasteiger charge is 2.13. The van der Waals surface area contributed by atoms with Crippen molar-refractivity contribution in [1.82, 2.24) is 19.8 Å². The van der Waals surface area contributed by atoms with Crippen LogP contribution in [0.4, 0.5) is 10.8 Å². The van der Waals surface area contributed by atoms with E-state index in [-0.39, 0.29) is 0 Å². The summed E-state index contributed by atoms with van der Waals surface area (Å²) in [6, 6.07) is 3.97. The molecule has 0 atom stereocenters. The first kappa shape index (κ1) is 20.1. The number of pyridine rings is 1. The number of nitrogens with zero attached hydrogens (tertiary/aromatic N) is 4. The lowest BCUT2D eigenvalue weighted by atomic mass is 10.1. The monoisotopic (exact) mass is 351 g/mol. The molecule has 8 heteroatoms. The van der Waals surface area contributed by atoms with Crippen molar-refractivity contribution in [2.45, 2.75) is 39.0 Å². The first-order chi connectivity index (χ1) is 11.7. The number of hydroxylamine groups is 1. The smallest absolute Gasteiger partial charge is 0.209 e. The average Bonchev–Trinajstić information content (AvgIpc) is 3.02. The van der Waals surface area contributed by atoms with Crippen LogP contribution >= 0.6 is 11.5 Å². The van der Waals surface area contributed by atoms with Gasteiger partial charge < -0.3 is 14.9 Å². The summed E-state index contributed by atoms with van der Waals surface area (Å²) in [6.07, 6.45) is 9.53. The summed E-state index contributed by atoms with van der Waals surface area (Å²) in [4.78, 5) is 21.1. The Hall–Kier alpha value is -1.90. The standard InChI is InChI=1S/C15H20N4OS.CH5NO/c1-13-17-15(21-18-13)19(14-8-7-9-16-12-14)10-5-3-2-4-6-11-20;1-2-3/h7-9,11-12H,2-6,10H2,1H3;2-3H,1H3. The van der Waals surface area contributed by atoms with Crippen molar-refractivity contribution in [3.05, 3.63) is 30.4 Å². The van der Waals surface area contributed by atoms with Gasteiger partial charge in [0.15, 0.2) is 0 Å². The van der Waals surface area contributed by atoms with E-state index >= 15 is 0 Å². The Kier molecular flexibility index (Phi) is 10.5. The number of hydrogen-bond donors (Lipinski definition) is 2. The number of hydrogen-bond acceptors (Lipinski definition) is 8. The fourth-order valence-corrected chi connectivity index (χ4v) is 2.82. The zero-order valence-electron chi connectivity index (χ0n) is 14.2. The van der Waals surface area contributed by atoms with Gasteiger partial charge in [-0.3, -0.25) is 4.98 Å². The van der Waals surface area contributed by atoms with Crippen LogP contribution in [0, 0.1) is 6.92 Å². The molecule has 0 fully saturated rings. The molecule has 2 aromatic heterocycles. The van der Waals surface area contributed by atoms with Crippen LogP contribution in [-0.2, 0) is 4.79 Å². The molecule has 0 bridgehead atoms. The quantitative estimate of drug-likeness (QED) is 0.407. The third kappa shape index (κ3) is 7.58. The SMILES string of the molecule is CNO.Cc1nsc(N(CCCCCCC=O)c2cccnc2)n1. The molecular formula is C16H25N5O2S. The van der Waals surface area contributed by atoms with Crippen LogP contribution in [0.3, 0.4) is 0 Å². The first-order valence-electron chi connectivity index (χ1n) is 7.95. The molecule has 2 rings (SSSR count). The lowest BCUT2D eigenvalue weighted by Gasteiger charge is -2.20. The van der Waals surface area contributed by atoms with Crippen molar-refractivity contribution >= 4 is 28.6 Å². The summed E-state index contributed by atoms with van der Waals surface area (Å²) in [5.41, 5.74) is 2.79. The second-order valence-electron chi connectivity index (χ2n) is 5.08. The van der Waals surface area contributed by atoms with Gasteiger partial charge >= 0.3 is 0 Å². The highest BCUT2D eigenvalue weighted by molar-refractivity contribution is 7.09. The number of unbranched alkanes of at least 4 members (excludes halogenated alkanes) is 4. The second-order valence-corrected chi connectivity index (χ2v) is 5.81. The summed E-state index contributed by atoms with van der Waals surface area (Å²) >= 11 is 1.42. The molecule has 7 nitrogen and oxygen atoms in total. The summed E-state index contributed by atoms with van der Waals surface area (Å²) in [5, 5.41) is 8.23. The Balaban J connectivity index is 0.000000891. The van der Waals surface area contributed by atoms with Crippen LogP contribution in [0.1, 0.15) is 37.9 Å². The van der Waals surface area contributed by atoms with Gasteiger partial charge in [-0.15, -0.1) is 0 Å². The van der Waals surface area contributed by atoms with E-state index in [0.29, 0.717) is 6.42 Å². The summed E-state index contributed by atoms with van der Waals surface area (Å²) < 4.78 is 4.26. The molecule has 0 radical (unpaired) electrons. The minimum Gasteiger partial charge on any atom is -0.317 e. The number of aromatic nitrogens is 3. The maximum Gasteiger partial charge on any atom is 0.209 e. The van der Waals surface area contributed by atoms with Crippen LogP contribution < -0.4 is 10.4 Å². The van der Waals surface area contributed by atoms with Crippen LogP contribution in [0.5, 0.6) is 0 Å². The van der Waals surface area contributed by atoms with E-state index in [9.17, 15) is 4.79 Å². The zero-order chi connectivity index (χ0) is 17.6. The van der Waals surface area contributed by atoms with Gasteiger partial charge in [0, 0.05) is 37.7 Å². The Morgan fingerprint density at radius 1 is 1.33 bits per heavy atom. The Bertz CT molecular complexity index is 565. The van der Waals surface area contributed by atoms with Crippen molar-refractivity contribution in [1.29, 1.82) is 0 Å². The highest BCUT2D eigenvalue weighted by atomic mass is 32.1. The number of nitrogens with one attached hydrogen (secondary N) is 1. The van der Waals surface area contributed by atoms with E-state index in [1.807, 2.05) is 25.3 Å². The van der Waals surface area contributed by atoms with Crippen LogP contribution in [0.15, 0.2) is 24.5 Å². The number of rotatable bonds is 9. The number of carbonyl (C=O) groups is 1. The number of aldehydes is 1. The van der Waals surface area contributed by atoms with E-state index in [0.717, 1.165) is 55.2 Å². The molecule has 2 aromatic rings. The largest absolute Gasteiger partial charge is 0.317 e. The number of anilines is 2. The van der Waals surface area contributed by atoms with Crippen molar-refractivity contribution in [3.63, 3.8) is 0 Å². The predicted molar refractivity (Wildman–Crippen MR) is 95.9 cm³/mol. The van der Waals surface area contributed by atoms with Crippen molar-refractivity contribution in [3.8, 4) is 0 Å². The van der Waals surface area contributed by atoms with Gasteiger partial charge in [-0.2, -0.15) is 4.37 Å².